The summed E-state index contributed by atoms with van der Waals surface area (Å²) in [6.07, 6.45) is 1.23. The molecule has 0 aliphatic heterocycles. The zero-order valence-electron chi connectivity index (χ0n) is 8.26. The lowest BCUT2D eigenvalue weighted by Crippen LogP contribution is -2.11. The van der Waals surface area contributed by atoms with E-state index in [2.05, 4.69) is 10.3 Å². The molecule has 0 aromatic carbocycles. The molecule has 0 radical (unpaired) electrons. The van der Waals surface area contributed by atoms with E-state index >= 15 is 0 Å². The number of alkyl halides is 1. The van der Waals surface area contributed by atoms with Gasteiger partial charge < -0.3 is 5.32 Å². The second kappa shape index (κ2) is 5.32. The fraction of sp³-hybridized carbons (Fsp3) is 0.556. The maximum atomic E-state index is 11.2. The van der Waals surface area contributed by atoms with Gasteiger partial charge in [0.2, 0.25) is 5.91 Å². The van der Waals surface area contributed by atoms with Gasteiger partial charge in [0, 0.05) is 17.2 Å². The van der Waals surface area contributed by atoms with E-state index in [0.717, 1.165) is 17.0 Å². The molecule has 0 saturated carbocycles. The lowest BCUT2D eigenvalue weighted by atomic mass is 10.3. The van der Waals surface area contributed by atoms with Crippen LogP contribution in [0.2, 0.25) is 0 Å². The van der Waals surface area contributed by atoms with Crippen LogP contribution in [0.4, 0.5) is 5.13 Å². The summed E-state index contributed by atoms with van der Waals surface area (Å²) < 4.78 is 0. The third-order valence-electron chi connectivity index (χ3n) is 1.80. The number of carbonyl (C=O) groups is 1. The van der Waals surface area contributed by atoms with Crippen molar-refractivity contribution in [3.63, 3.8) is 0 Å². The zero-order valence-corrected chi connectivity index (χ0v) is 9.84. The average molecular weight is 233 g/mol. The van der Waals surface area contributed by atoms with Gasteiger partial charge in [-0.3, -0.25) is 4.79 Å². The zero-order chi connectivity index (χ0) is 10.6. The molecule has 3 nitrogen and oxygen atoms in total. The second-order valence-electron chi connectivity index (χ2n) is 2.86. The third-order valence-corrected chi connectivity index (χ3v) is 2.91. The highest BCUT2D eigenvalue weighted by atomic mass is 35.5. The number of nitrogens with one attached hydrogen (secondary N) is 1. The van der Waals surface area contributed by atoms with E-state index in [1.165, 1.54) is 11.3 Å². The Morgan fingerprint density at radius 1 is 1.64 bits per heavy atom. The molecule has 0 unspecified atom stereocenters. The number of halogens is 1. The number of hydrogen-bond donors (Lipinski definition) is 1. The highest BCUT2D eigenvalue weighted by Gasteiger charge is 2.08. The van der Waals surface area contributed by atoms with Gasteiger partial charge in [-0.2, -0.15) is 0 Å². The van der Waals surface area contributed by atoms with E-state index in [1.807, 2.05) is 13.8 Å². The van der Waals surface area contributed by atoms with Crippen molar-refractivity contribution in [3.8, 4) is 0 Å². The summed E-state index contributed by atoms with van der Waals surface area (Å²) in [4.78, 5) is 16.6. The van der Waals surface area contributed by atoms with Crippen LogP contribution in [0, 0.1) is 6.92 Å². The predicted octanol–water partition coefficient (Wildman–Crippen LogP) is 2.58. The van der Waals surface area contributed by atoms with Crippen molar-refractivity contribution in [1.82, 2.24) is 4.98 Å². The Bertz CT molecular complexity index is 325. The van der Waals surface area contributed by atoms with Crippen LogP contribution in [0.15, 0.2) is 0 Å². The van der Waals surface area contributed by atoms with E-state index in [0.29, 0.717) is 17.4 Å². The molecule has 1 aromatic heterocycles. The summed E-state index contributed by atoms with van der Waals surface area (Å²) in [7, 11) is 0. The lowest BCUT2D eigenvalue weighted by Gasteiger charge is -1.97. The smallest absolute Gasteiger partial charge is 0.227 e. The first-order valence-corrected chi connectivity index (χ1v) is 5.84. The lowest BCUT2D eigenvalue weighted by molar-refractivity contribution is -0.115. The van der Waals surface area contributed by atoms with Crippen LogP contribution in [-0.2, 0) is 11.2 Å². The normalized spacial score (nSPS) is 10.2. The van der Waals surface area contributed by atoms with Gasteiger partial charge in [0.05, 0.1) is 5.69 Å². The molecule has 1 aromatic rings. The topological polar surface area (TPSA) is 42.0 Å². The number of anilines is 1. The first-order valence-electron chi connectivity index (χ1n) is 4.49. The Morgan fingerprint density at radius 2 is 2.36 bits per heavy atom. The molecule has 0 atom stereocenters. The summed E-state index contributed by atoms with van der Waals surface area (Å²) in [6.45, 7) is 4.06. The van der Waals surface area contributed by atoms with Crippen LogP contribution < -0.4 is 5.32 Å². The van der Waals surface area contributed by atoms with Crippen LogP contribution in [0.3, 0.4) is 0 Å². The van der Waals surface area contributed by atoms with Crippen LogP contribution >= 0.6 is 22.9 Å². The van der Waals surface area contributed by atoms with Crippen molar-refractivity contribution >= 4 is 34.0 Å². The van der Waals surface area contributed by atoms with Crippen molar-refractivity contribution < 1.29 is 4.79 Å². The average Bonchev–Trinajstić information content (AvgIpc) is 2.46. The van der Waals surface area contributed by atoms with E-state index in [4.69, 9.17) is 11.6 Å². The molecule has 1 amide bonds. The molecular weight excluding hydrogens is 220 g/mol. The molecule has 78 valence electrons. The Balaban J connectivity index is 2.63. The number of hydrogen-bond acceptors (Lipinski definition) is 3. The standard InChI is InChI=1S/C9H13ClN2OS/c1-3-7-6(2)14-9(11-7)12-8(13)4-5-10/h3-5H2,1-2H3,(H,11,12,13). The predicted molar refractivity (Wildman–Crippen MR) is 60.2 cm³/mol. The van der Waals surface area contributed by atoms with Gasteiger partial charge in [-0.1, -0.05) is 6.92 Å². The Kier molecular flexibility index (Phi) is 4.35. The first kappa shape index (κ1) is 11.5. The minimum Gasteiger partial charge on any atom is -0.302 e. The summed E-state index contributed by atoms with van der Waals surface area (Å²) in [6, 6.07) is 0. The van der Waals surface area contributed by atoms with E-state index in [-0.39, 0.29) is 5.91 Å². The van der Waals surface area contributed by atoms with Gasteiger partial charge in [0.15, 0.2) is 5.13 Å². The van der Waals surface area contributed by atoms with Crippen molar-refractivity contribution in [1.29, 1.82) is 0 Å². The molecule has 1 rings (SSSR count). The Hall–Kier alpha value is -0.610. The van der Waals surface area contributed by atoms with Crippen molar-refractivity contribution in [2.45, 2.75) is 26.7 Å². The molecule has 1 heterocycles. The highest BCUT2D eigenvalue weighted by molar-refractivity contribution is 7.15. The van der Waals surface area contributed by atoms with Crippen LogP contribution in [0.25, 0.3) is 0 Å². The van der Waals surface area contributed by atoms with E-state index in [1.54, 1.807) is 0 Å². The summed E-state index contributed by atoms with van der Waals surface area (Å²) in [5.74, 6) is 0.271. The first-order chi connectivity index (χ1) is 6.67. The van der Waals surface area contributed by atoms with Gasteiger partial charge in [-0.05, 0) is 13.3 Å². The molecule has 0 aliphatic carbocycles. The summed E-state index contributed by atoms with van der Waals surface area (Å²) in [5, 5.41) is 3.40. The molecule has 14 heavy (non-hydrogen) atoms. The summed E-state index contributed by atoms with van der Waals surface area (Å²) in [5.41, 5.74) is 1.05. The molecule has 0 spiro atoms. The Labute approximate surface area is 92.5 Å². The summed E-state index contributed by atoms with van der Waals surface area (Å²) >= 11 is 6.96. The van der Waals surface area contributed by atoms with E-state index in [9.17, 15) is 4.79 Å². The SMILES string of the molecule is CCc1nc(NC(=O)CCCl)sc1C. The minimum atomic E-state index is -0.0728. The fourth-order valence-electron chi connectivity index (χ4n) is 1.08. The van der Waals surface area contributed by atoms with Crippen molar-refractivity contribution in [2.24, 2.45) is 0 Å². The van der Waals surface area contributed by atoms with Crippen LogP contribution in [0.5, 0.6) is 0 Å². The van der Waals surface area contributed by atoms with Crippen LogP contribution in [-0.4, -0.2) is 16.8 Å². The largest absolute Gasteiger partial charge is 0.302 e. The van der Waals surface area contributed by atoms with Gasteiger partial charge in [-0.15, -0.1) is 22.9 Å². The molecule has 0 bridgehead atoms. The van der Waals surface area contributed by atoms with Gasteiger partial charge in [-0.25, -0.2) is 4.98 Å². The number of thiazole rings is 1. The maximum Gasteiger partial charge on any atom is 0.227 e. The molecule has 1 N–H and O–H groups in total. The fourth-order valence-corrected chi connectivity index (χ4v) is 2.17. The van der Waals surface area contributed by atoms with Crippen molar-refractivity contribution in [2.75, 3.05) is 11.2 Å². The minimum absolute atomic E-state index is 0.0728. The van der Waals surface area contributed by atoms with Gasteiger partial charge in [0.25, 0.3) is 0 Å². The number of aromatic nitrogens is 1. The highest BCUT2D eigenvalue weighted by Crippen LogP contribution is 2.22. The number of nitrogens with zero attached hydrogens (tertiary/aromatic N) is 1. The monoisotopic (exact) mass is 232 g/mol. The maximum absolute atomic E-state index is 11.2. The van der Waals surface area contributed by atoms with Gasteiger partial charge >= 0.3 is 0 Å². The quantitative estimate of drug-likeness (QED) is 0.811. The second-order valence-corrected chi connectivity index (χ2v) is 4.44. The number of amides is 1. The molecule has 0 aliphatic rings. The number of carbonyl (C=O) groups excluding carboxylic acids is 1. The molecular formula is C9H13ClN2OS. The molecule has 0 fully saturated rings. The van der Waals surface area contributed by atoms with E-state index < -0.39 is 0 Å². The Morgan fingerprint density at radius 3 is 2.86 bits per heavy atom. The molecule has 0 saturated heterocycles. The van der Waals surface area contributed by atoms with Gasteiger partial charge in [0.1, 0.15) is 0 Å². The number of aryl methyl sites for hydroxylation is 2. The third kappa shape index (κ3) is 2.96. The molecule has 5 heteroatoms. The van der Waals surface area contributed by atoms with Crippen molar-refractivity contribution in [3.05, 3.63) is 10.6 Å². The van der Waals surface area contributed by atoms with Crippen LogP contribution in [0.1, 0.15) is 23.9 Å². The number of rotatable bonds is 4.